The average Bonchev–Trinajstić information content (AvgIpc) is 2.67. The molecule has 1 rings (SSSR count). The molecular weight excluding hydrogens is 288 g/mol. The maximum atomic E-state index is 11.5. The van der Waals surface area contributed by atoms with E-state index >= 15 is 0 Å². The zero-order valence-electron chi connectivity index (χ0n) is 15.5. The molecule has 2 atom stereocenters. The summed E-state index contributed by atoms with van der Waals surface area (Å²) in [6, 6.07) is 0.653. The summed E-state index contributed by atoms with van der Waals surface area (Å²) < 4.78 is 5.18. The van der Waals surface area contributed by atoms with Gasteiger partial charge < -0.3 is 15.4 Å². The summed E-state index contributed by atoms with van der Waals surface area (Å²) >= 11 is 0. The summed E-state index contributed by atoms with van der Waals surface area (Å²) in [5, 5.41) is 6.35. The van der Waals surface area contributed by atoms with Crippen LogP contribution in [0.4, 0.5) is 4.79 Å². The lowest BCUT2D eigenvalue weighted by molar-refractivity contribution is 0.0534. The molecule has 0 heterocycles. The fraction of sp³-hybridized carbons (Fsp3) is 0.842. The summed E-state index contributed by atoms with van der Waals surface area (Å²) in [6.45, 7) is 9.27. The minimum atomic E-state index is -0.440. The van der Waals surface area contributed by atoms with Crippen molar-refractivity contribution in [1.82, 2.24) is 10.6 Å². The molecule has 134 valence electrons. The zero-order valence-corrected chi connectivity index (χ0v) is 15.5. The number of carbonyl (C=O) groups excluding carboxylic acids is 1. The normalized spacial score (nSPS) is 22.8. The Labute approximate surface area is 142 Å². The molecule has 0 spiro atoms. The van der Waals surface area contributed by atoms with E-state index in [4.69, 9.17) is 4.74 Å². The number of hydrogen-bond donors (Lipinski definition) is 2. The Balaban J connectivity index is 2.11. The predicted octanol–water partition coefficient (Wildman–Crippen LogP) is 4.41. The van der Waals surface area contributed by atoms with Crippen LogP contribution in [0.2, 0.25) is 0 Å². The predicted molar refractivity (Wildman–Crippen MR) is 96.7 cm³/mol. The second-order valence-electron chi connectivity index (χ2n) is 7.62. The topological polar surface area (TPSA) is 50.4 Å². The second-order valence-corrected chi connectivity index (χ2v) is 7.62. The molecule has 2 unspecified atom stereocenters. The number of rotatable bonds is 7. The van der Waals surface area contributed by atoms with Gasteiger partial charge in [0.1, 0.15) is 5.60 Å². The molecule has 1 fully saturated rings. The number of hydrogen-bond acceptors (Lipinski definition) is 3. The summed E-state index contributed by atoms with van der Waals surface area (Å²) in [6.07, 6.45) is 13.1. The van der Waals surface area contributed by atoms with E-state index in [1.165, 1.54) is 44.9 Å². The van der Waals surface area contributed by atoms with Crippen molar-refractivity contribution in [2.75, 3.05) is 13.1 Å². The molecule has 23 heavy (non-hydrogen) atoms. The van der Waals surface area contributed by atoms with Crippen LogP contribution in [0.25, 0.3) is 0 Å². The Morgan fingerprint density at radius 3 is 2.57 bits per heavy atom. The Bertz CT molecular complexity index is 361. The molecular formula is C19H36N2O2. The van der Waals surface area contributed by atoms with E-state index in [9.17, 15) is 4.79 Å². The van der Waals surface area contributed by atoms with E-state index in [0.29, 0.717) is 12.6 Å². The van der Waals surface area contributed by atoms with Gasteiger partial charge in [-0.15, -0.1) is 0 Å². The molecule has 4 heteroatoms. The number of amides is 1. The lowest BCUT2D eigenvalue weighted by Gasteiger charge is -2.19. The third-order valence-electron chi connectivity index (χ3n) is 4.24. The number of alkyl carbamates (subject to hydrolysis) is 1. The molecule has 1 saturated carbocycles. The molecule has 0 aliphatic heterocycles. The van der Waals surface area contributed by atoms with Gasteiger partial charge in [-0.3, -0.25) is 0 Å². The summed E-state index contributed by atoms with van der Waals surface area (Å²) in [5.74, 6) is 0.945. The first kappa shape index (κ1) is 20.0. The lowest BCUT2D eigenvalue weighted by Crippen LogP contribution is -2.32. The molecule has 0 aromatic rings. The average molecular weight is 325 g/mol. The molecule has 1 aliphatic rings. The maximum absolute atomic E-state index is 11.5. The third-order valence-corrected chi connectivity index (χ3v) is 4.24. The van der Waals surface area contributed by atoms with Gasteiger partial charge in [0.05, 0.1) is 0 Å². The minimum Gasteiger partial charge on any atom is -0.444 e. The summed E-state index contributed by atoms with van der Waals surface area (Å²) in [4.78, 5) is 11.5. The van der Waals surface area contributed by atoms with Crippen LogP contribution in [0.15, 0.2) is 12.2 Å². The van der Waals surface area contributed by atoms with Crippen LogP contribution in [0.1, 0.15) is 72.6 Å². The highest BCUT2D eigenvalue weighted by Crippen LogP contribution is 2.26. The molecule has 0 saturated heterocycles. The molecule has 0 bridgehead atoms. The fourth-order valence-electron chi connectivity index (χ4n) is 3.14. The van der Waals surface area contributed by atoms with Crippen molar-refractivity contribution < 1.29 is 9.53 Å². The molecule has 1 aliphatic carbocycles. The highest BCUT2D eigenvalue weighted by atomic mass is 16.6. The van der Waals surface area contributed by atoms with E-state index in [-0.39, 0.29) is 6.09 Å². The first-order valence-corrected chi connectivity index (χ1v) is 9.26. The van der Waals surface area contributed by atoms with Gasteiger partial charge in [-0.25, -0.2) is 4.79 Å². The van der Waals surface area contributed by atoms with Gasteiger partial charge in [-0.1, -0.05) is 44.8 Å². The lowest BCUT2D eigenvalue weighted by atomic mass is 9.95. The van der Waals surface area contributed by atoms with Crippen LogP contribution in [-0.4, -0.2) is 30.8 Å². The Morgan fingerprint density at radius 2 is 1.87 bits per heavy atom. The van der Waals surface area contributed by atoms with Crippen LogP contribution >= 0.6 is 0 Å². The molecule has 0 aromatic carbocycles. The highest BCUT2D eigenvalue weighted by Gasteiger charge is 2.17. The van der Waals surface area contributed by atoms with Crippen LogP contribution in [0, 0.1) is 5.92 Å². The SMILES string of the molecule is CCCC1CCCC(NC/C=C/CNC(=O)OC(C)(C)C)CC1. The van der Waals surface area contributed by atoms with E-state index < -0.39 is 5.60 Å². The first-order valence-electron chi connectivity index (χ1n) is 9.26. The van der Waals surface area contributed by atoms with Crippen LogP contribution < -0.4 is 10.6 Å². The Morgan fingerprint density at radius 1 is 1.13 bits per heavy atom. The Kier molecular flexibility index (Phi) is 9.30. The third kappa shape index (κ3) is 10.4. The van der Waals surface area contributed by atoms with E-state index in [1.807, 2.05) is 26.8 Å². The van der Waals surface area contributed by atoms with Gasteiger partial charge in [-0.2, -0.15) is 0 Å². The van der Waals surface area contributed by atoms with Gasteiger partial charge in [0.25, 0.3) is 0 Å². The standard InChI is InChI=1S/C19H36N2O2/c1-5-9-16-10-8-11-17(13-12-16)20-14-6-7-15-21-18(22)23-19(2,3)4/h6-7,16-17,20H,5,8-15H2,1-4H3,(H,21,22)/b7-6+. The number of nitrogens with one attached hydrogen (secondary N) is 2. The van der Waals surface area contributed by atoms with Crippen molar-refractivity contribution in [3.05, 3.63) is 12.2 Å². The number of ether oxygens (including phenoxy) is 1. The fourth-order valence-corrected chi connectivity index (χ4v) is 3.14. The largest absolute Gasteiger partial charge is 0.444 e. The van der Waals surface area contributed by atoms with Crippen molar-refractivity contribution in [2.24, 2.45) is 5.92 Å². The van der Waals surface area contributed by atoms with Crippen LogP contribution in [-0.2, 0) is 4.74 Å². The molecule has 0 radical (unpaired) electrons. The molecule has 1 amide bonds. The first-order chi connectivity index (χ1) is 10.9. The smallest absolute Gasteiger partial charge is 0.407 e. The second kappa shape index (κ2) is 10.7. The van der Waals surface area contributed by atoms with Crippen molar-refractivity contribution in [2.45, 2.75) is 84.3 Å². The maximum Gasteiger partial charge on any atom is 0.407 e. The van der Waals surface area contributed by atoms with Gasteiger partial charge in [0.2, 0.25) is 0 Å². The molecule has 4 nitrogen and oxygen atoms in total. The van der Waals surface area contributed by atoms with Crippen molar-refractivity contribution in [3.63, 3.8) is 0 Å². The summed E-state index contributed by atoms with van der Waals surface area (Å²) in [5.41, 5.74) is -0.440. The minimum absolute atomic E-state index is 0.360. The Hall–Kier alpha value is -1.03. The van der Waals surface area contributed by atoms with E-state index in [1.54, 1.807) is 0 Å². The van der Waals surface area contributed by atoms with Crippen LogP contribution in [0.5, 0.6) is 0 Å². The number of carbonyl (C=O) groups is 1. The molecule has 0 aromatic heterocycles. The van der Waals surface area contributed by atoms with E-state index in [2.05, 4.69) is 23.6 Å². The van der Waals surface area contributed by atoms with Crippen molar-refractivity contribution in [1.29, 1.82) is 0 Å². The summed E-state index contributed by atoms with van der Waals surface area (Å²) in [7, 11) is 0. The van der Waals surface area contributed by atoms with E-state index in [0.717, 1.165) is 12.5 Å². The van der Waals surface area contributed by atoms with Gasteiger partial charge in [0, 0.05) is 19.1 Å². The zero-order chi connectivity index (χ0) is 17.1. The van der Waals surface area contributed by atoms with Crippen LogP contribution in [0.3, 0.4) is 0 Å². The quantitative estimate of drug-likeness (QED) is 0.539. The highest BCUT2D eigenvalue weighted by molar-refractivity contribution is 5.67. The van der Waals surface area contributed by atoms with Gasteiger partial charge in [0.15, 0.2) is 0 Å². The van der Waals surface area contributed by atoms with Crippen molar-refractivity contribution >= 4 is 6.09 Å². The van der Waals surface area contributed by atoms with Crippen molar-refractivity contribution in [3.8, 4) is 0 Å². The van der Waals surface area contributed by atoms with Gasteiger partial charge in [-0.05, 0) is 46.0 Å². The molecule has 2 N–H and O–H groups in total. The monoisotopic (exact) mass is 324 g/mol. The van der Waals surface area contributed by atoms with Gasteiger partial charge >= 0.3 is 6.09 Å².